The lowest BCUT2D eigenvalue weighted by Crippen LogP contribution is -2.19. The second kappa shape index (κ2) is 5.62. The van der Waals surface area contributed by atoms with Gasteiger partial charge < -0.3 is 30.9 Å². The summed E-state index contributed by atoms with van der Waals surface area (Å²) in [6, 6.07) is 5.85. The third kappa shape index (κ3) is 4.90. The molecule has 0 aromatic heterocycles. The van der Waals surface area contributed by atoms with Crippen LogP contribution >= 0.6 is 7.60 Å². The van der Waals surface area contributed by atoms with E-state index in [0.717, 1.165) is 0 Å². The number of hydrogen-bond acceptors (Lipinski definition) is 4. The Bertz CT molecular complexity index is 417. The van der Waals surface area contributed by atoms with Crippen molar-refractivity contribution >= 4 is 19.2 Å². The Morgan fingerprint density at radius 2 is 2.00 bits per heavy atom. The maximum absolute atomic E-state index is 11.0. The fourth-order valence-corrected chi connectivity index (χ4v) is 1.39. The van der Waals surface area contributed by atoms with E-state index in [1.165, 1.54) is 12.1 Å². The Hall–Kier alpha value is -1.40. The summed E-state index contributed by atoms with van der Waals surface area (Å²) in [6.45, 7) is 0. The molecule has 0 saturated carbocycles. The number of phenolic OH excluding ortho intramolecular Hbond substituents is 1. The van der Waals surface area contributed by atoms with Crippen molar-refractivity contribution < 1.29 is 24.3 Å². The first-order valence-corrected chi connectivity index (χ1v) is 5.75. The van der Waals surface area contributed by atoms with E-state index < -0.39 is 19.7 Å². The summed E-state index contributed by atoms with van der Waals surface area (Å²) in [5, 5.41) is 11.4. The van der Waals surface area contributed by atoms with Crippen molar-refractivity contribution in [1.82, 2.24) is 6.15 Å². The Kier molecular flexibility index (Phi) is 5.13. The number of aromatic hydroxyl groups is 1. The highest BCUT2D eigenvalue weighted by Gasteiger charge is 2.11. The Balaban J connectivity index is 0.00000225. The van der Waals surface area contributed by atoms with E-state index >= 15 is 0 Å². The largest absolute Gasteiger partial charge is 0.778 e. The van der Waals surface area contributed by atoms with E-state index in [1.54, 1.807) is 12.1 Å². The van der Waals surface area contributed by atoms with Crippen molar-refractivity contribution in [2.75, 3.05) is 11.5 Å². The topological polar surface area (TPSA) is 146 Å². The first kappa shape index (κ1) is 14.6. The highest BCUT2D eigenvalue weighted by Crippen LogP contribution is 2.29. The zero-order valence-corrected chi connectivity index (χ0v) is 9.48. The fourth-order valence-electron chi connectivity index (χ4n) is 0.951. The second-order valence-corrected chi connectivity index (χ2v) is 4.45. The summed E-state index contributed by atoms with van der Waals surface area (Å²) in [5.41, 5.74) is 0.0935. The number of amides is 1. The van der Waals surface area contributed by atoms with Gasteiger partial charge in [-0.3, -0.25) is 4.79 Å². The molecule has 0 aliphatic carbocycles. The van der Waals surface area contributed by atoms with Gasteiger partial charge in [-0.15, -0.1) is 0 Å². The lowest BCUT2D eigenvalue weighted by atomic mass is 10.3. The molecule has 0 spiro atoms. The summed E-state index contributed by atoms with van der Waals surface area (Å²) in [7, 11) is -4.62. The van der Waals surface area contributed by atoms with Crippen molar-refractivity contribution in [3.63, 3.8) is 0 Å². The third-order valence-electron chi connectivity index (χ3n) is 1.52. The molecule has 7 N–H and O–H groups in total. The number of para-hydroxylation sites is 2. The van der Waals surface area contributed by atoms with Gasteiger partial charge >= 0.3 is 0 Å². The van der Waals surface area contributed by atoms with Gasteiger partial charge in [0, 0.05) is 0 Å². The van der Waals surface area contributed by atoms with Crippen molar-refractivity contribution in [2.45, 2.75) is 0 Å². The lowest BCUT2D eigenvalue weighted by Gasteiger charge is -2.15. The molecule has 0 aliphatic heterocycles. The van der Waals surface area contributed by atoms with Crippen LogP contribution in [0.4, 0.5) is 5.69 Å². The fraction of sp³-hybridized carbons (Fsp3) is 0.125. The van der Waals surface area contributed by atoms with Crippen LogP contribution in [0.1, 0.15) is 0 Å². The molecule has 16 heavy (non-hydrogen) atoms. The molecule has 90 valence electrons. The smallest absolute Gasteiger partial charge is 0.232 e. The maximum Gasteiger partial charge on any atom is 0.232 e. The van der Waals surface area contributed by atoms with Gasteiger partial charge in [-0.2, -0.15) is 0 Å². The van der Waals surface area contributed by atoms with Crippen molar-refractivity contribution in [3.8, 4) is 5.75 Å². The van der Waals surface area contributed by atoms with Gasteiger partial charge in [-0.05, 0) is 12.1 Å². The highest BCUT2D eigenvalue weighted by molar-refractivity contribution is 7.51. The lowest BCUT2D eigenvalue weighted by molar-refractivity contribution is -0.193. The first-order valence-electron chi connectivity index (χ1n) is 3.99. The number of carbonyl (C=O) groups is 1. The average molecular weight is 248 g/mol. The molecule has 1 aromatic rings. The normalized spacial score (nSPS) is 13.4. The van der Waals surface area contributed by atoms with Crippen LogP contribution in [-0.4, -0.2) is 22.1 Å². The van der Waals surface area contributed by atoms with Gasteiger partial charge in [-0.25, -0.2) is 0 Å². The predicted octanol–water partition coefficient (Wildman–Crippen LogP) is 0.253. The standard InChI is InChI=1S/C8H10NO5P.H3N/c10-7-4-2-1-3-6(7)9-8(11)5-15(12,13)14;/h1-4,10H,5H2,(H,9,11)(H2,12,13,14);1H3. The number of phenols is 1. The number of carbonyl (C=O) groups excluding carboxylic acids is 1. The van der Waals surface area contributed by atoms with Gasteiger partial charge in [-0.1, -0.05) is 12.1 Å². The third-order valence-corrected chi connectivity index (χ3v) is 2.21. The number of hydrogen-bond donors (Lipinski definition) is 4. The first-order chi connectivity index (χ1) is 6.88. The molecule has 0 heterocycles. The SMILES string of the molecule is O=C(CP(=O)([O-])O)Nc1ccccc1O.[NH4+]. The van der Waals surface area contributed by atoms with Crippen LogP contribution in [0.2, 0.25) is 0 Å². The van der Waals surface area contributed by atoms with E-state index in [1.807, 2.05) is 0 Å². The Morgan fingerprint density at radius 1 is 1.44 bits per heavy atom. The molecule has 7 nitrogen and oxygen atoms in total. The monoisotopic (exact) mass is 248 g/mol. The zero-order chi connectivity index (χ0) is 11.5. The van der Waals surface area contributed by atoms with Crippen LogP contribution < -0.4 is 16.4 Å². The van der Waals surface area contributed by atoms with E-state index in [0.29, 0.717) is 0 Å². The van der Waals surface area contributed by atoms with Crippen LogP contribution in [0.15, 0.2) is 24.3 Å². The van der Waals surface area contributed by atoms with E-state index in [-0.39, 0.29) is 17.6 Å². The van der Waals surface area contributed by atoms with Crippen LogP contribution in [-0.2, 0) is 9.36 Å². The molecule has 1 aromatic carbocycles. The number of anilines is 1. The molecule has 0 fully saturated rings. The van der Waals surface area contributed by atoms with Crippen LogP contribution in [0, 0.1) is 0 Å². The Morgan fingerprint density at radius 3 is 2.50 bits per heavy atom. The van der Waals surface area contributed by atoms with Crippen molar-refractivity contribution in [3.05, 3.63) is 24.3 Å². The predicted molar refractivity (Wildman–Crippen MR) is 57.4 cm³/mol. The summed E-state index contributed by atoms with van der Waals surface area (Å²) in [5.74, 6) is -1.08. The van der Waals surface area contributed by atoms with Gasteiger partial charge in [0.25, 0.3) is 0 Å². The highest BCUT2D eigenvalue weighted by atomic mass is 31.2. The van der Waals surface area contributed by atoms with Gasteiger partial charge in [0.15, 0.2) is 0 Å². The van der Waals surface area contributed by atoms with E-state index in [9.17, 15) is 19.4 Å². The molecule has 0 saturated heterocycles. The molecule has 0 aliphatic rings. The number of rotatable bonds is 3. The second-order valence-electron chi connectivity index (χ2n) is 2.86. The molecule has 8 heteroatoms. The molecule has 1 amide bonds. The summed E-state index contributed by atoms with van der Waals surface area (Å²) in [4.78, 5) is 29.8. The van der Waals surface area contributed by atoms with Gasteiger partial charge in [0.1, 0.15) is 13.3 Å². The van der Waals surface area contributed by atoms with Crippen molar-refractivity contribution in [2.24, 2.45) is 0 Å². The molecule has 1 rings (SSSR count). The van der Waals surface area contributed by atoms with E-state index in [4.69, 9.17) is 4.89 Å². The van der Waals surface area contributed by atoms with Gasteiger partial charge in [0.2, 0.25) is 5.91 Å². The summed E-state index contributed by atoms with van der Waals surface area (Å²) >= 11 is 0. The quantitative estimate of drug-likeness (QED) is 0.447. The molecule has 0 bridgehead atoms. The minimum atomic E-state index is -4.62. The van der Waals surface area contributed by atoms with Crippen LogP contribution in [0.25, 0.3) is 0 Å². The number of nitrogens with one attached hydrogen (secondary N) is 1. The van der Waals surface area contributed by atoms with Crippen molar-refractivity contribution in [1.29, 1.82) is 0 Å². The molecular formula is C8H13N2O5P. The summed E-state index contributed by atoms with van der Waals surface area (Å²) in [6.07, 6.45) is -1.01. The number of quaternary nitrogens is 1. The zero-order valence-electron chi connectivity index (χ0n) is 8.58. The van der Waals surface area contributed by atoms with E-state index in [2.05, 4.69) is 5.32 Å². The van der Waals surface area contributed by atoms with Gasteiger partial charge in [0.05, 0.1) is 11.8 Å². The molecule has 0 radical (unpaired) electrons. The molecule has 1 unspecified atom stereocenters. The molecule has 1 atom stereocenters. The maximum atomic E-state index is 11.0. The van der Waals surface area contributed by atoms with Crippen LogP contribution in [0.5, 0.6) is 5.75 Å². The minimum absolute atomic E-state index is 0. The average Bonchev–Trinajstić information content (AvgIpc) is 2.05. The summed E-state index contributed by atoms with van der Waals surface area (Å²) < 4.78 is 10.4. The molecular weight excluding hydrogens is 235 g/mol. The van der Waals surface area contributed by atoms with Crippen LogP contribution in [0.3, 0.4) is 0 Å². The Labute approximate surface area is 91.9 Å². The number of benzene rings is 1. The minimum Gasteiger partial charge on any atom is -0.778 e.